The van der Waals surface area contributed by atoms with E-state index in [1.54, 1.807) is 20.8 Å². The van der Waals surface area contributed by atoms with Crippen molar-refractivity contribution in [2.24, 2.45) is 0 Å². The molecule has 0 bridgehead atoms. The van der Waals surface area contributed by atoms with Crippen LogP contribution in [0.2, 0.25) is 0 Å². The SMILES string of the molecule is Cc1cc(Br)cc(C)c1NS(=O)(=O)NC(C)(C)C. The Labute approximate surface area is 117 Å². The van der Waals surface area contributed by atoms with Crippen LogP contribution < -0.4 is 9.44 Å². The third-order valence-corrected chi connectivity index (χ3v) is 3.99. The zero-order valence-corrected chi connectivity index (χ0v) is 13.7. The lowest BCUT2D eigenvalue weighted by atomic mass is 10.1. The van der Waals surface area contributed by atoms with Crippen LogP contribution in [0.3, 0.4) is 0 Å². The molecule has 0 heterocycles. The van der Waals surface area contributed by atoms with Gasteiger partial charge in [-0.3, -0.25) is 4.72 Å². The van der Waals surface area contributed by atoms with Gasteiger partial charge >= 0.3 is 0 Å². The molecule has 0 atom stereocenters. The Kier molecular flexibility index (Phi) is 4.46. The Morgan fingerprint density at radius 1 is 1.11 bits per heavy atom. The van der Waals surface area contributed by atoms with Gasteiger partial charge < -0.3 is 0 Å². The second-order valence-corrected chi connectivity index (χ2v) is 7.70. The molecule has 0 fully saturated rings. The van der Waals surface area contributed by atoms with Gasteiger partial charge in [-0.15, -0.1) is 0 Å². The normalized spacial score (nSPS) is 12.6. The summed E-state index contributed by atoms with van der Waals surface area (Å²) in [6.07, 6.45) is 0. The first kappa shape index (κ1) is 15.5. The fraction of sp³-hybridized carbons (Fsp3) is 0.500. The summed E-state index contributed by atoms with van der Waals surface area (Å²) in [5, 5.41) is 0. The molecule has 1 aromatic carbocycles. The van der Waals surface area contributed by atoms with E-state index >= 15 is 0 Å². The number of nitrogens with one attached hydrogen (secondary N) is 2. The molecule has 6 heteroatoms. The van der Waals surface area contributed by atoms with Crippen molar-refractivity contribution in [3.8, 4) is 0 Å². The van der Waals surface area contributed by atoms with Crippen molar-refractivity contribution >= 4 is 31.8 Å². The molecule has 4 nitrogen and oxygen atoms in total. The maximum absolute atomic E-state index is 12.0. The molecule has 0 amide bonds. The maximum atomic E-state index is 12.0. The van der Waals surface area contributed by atoms with Crippen molar-refractivity contribution in [3.63, 3.8) is 0 Å². The first-order valence-electron chi connectivity index (χ1n) is 5.59. The molecule has 1 aromatic rings. The van der Waals surface area contributed by atoms with Crippen LogP contribution in [0, 0.1) is 13.8 Å². The van der Waals surface area contributed by atoms with Crippen molar-refractivity contribution in [1.29, 1.82) is 0 Å². The smallest absolute Gasteiger partial charge is 0.271 e. The van der Waals surface area contributed by atoms with Crippen LogP contribution in [0.4, 0.5) is 5.69 Å². The first-order valence-corrected chi connectivity index (χ1v) is 7.86. The summed E-state index contributed by atoms with van der Waals surface area (Å²) in [7, 11) is -3.57. The molecule has 0 saturated heterocycles. The Morgan fingerprint density at radius 3 is 1.94 bits per heavy atom. The Bertz CT molecular complexity index is 525. The van der Waals surface area contributed by atoms with Crippen molar-refractivity contribution in [1.82, 2.24) is 4.72 Å². The van der Waals surface area contributed by atoms with Gasteiger partial charge in [0.2, 0.25) is 0 Å². The van der Waals surface area contributed by atoms with Crippen LogP contribution >= 0.6 is 15.9 Å². The summed E-state index contributed by atoms with van der Waals surface area (Å²) in [6, 6.07) is 3.75. The quantitative estimate of drug-likeness (QED) is 0.892. The van der Waals surface area contributed by atoms with Crippen LogP contribution in [0.1, 0.15) is 31.9 Å². The third kappa shape index (κ3) is 4.59. The van der Waals surface area contributed by atoms with Gasteiger partial charge in [0.1, 0.15) is 0 Å². The molecular weight excluding hydrogens is 316 g/mol. The number of hydrogen-bond acceptors (Lipinski definition) is 2. The van der Waals surface area contributed by atoms with Gasteiger partial charge in [-0.1, -0.05) is 15.9 Å². The standard InChI is InChI=1S/C12H19BrN2O2S/c1-8-6-10(13)7-9(2)11(8)14-18(16,17)15-12(3,4)5/h6-7,14-15H,1-5H3. The predicted octanol–water partition coefficient (Wildman–Crippen LogP) is 3.11. The summed E-state index contributed by atoms with van der Waals surface area (Å²) in [6.45, 7) is 9.13. The maximum Gasteiger partial charge on any atom is 0.299 e. The van der Waals surface area contributed by atoms with Crippen molar-refractivity contribution in [3.05, 3.63) is 27.7 Å². The van der Waals surface area contributed by atoms with E-state index in [4.69, 9.17) is 0 Å². The molecule has 18 heavy (non-hydrogen) atoms. The predicted molar refractivity (Wildman–Crippen MR) is 79.0 cm³/mol. The summed E-state index contributed by atoms with van der Waals surface area (Å²) < 4.78 is 30.0. The molecule has 0 aromatic heterocycles. The number of rotatable bonds is 3. The Balaban J connectivity index is 3.06. The van der Waals surface area contributed by atoms with E-state index in [0.29, 0.717) is 5.69 Å². The summed E-state index contributed by atoms with van der Waals surface area (Å²) in [5.41, 5.74) is 1.86. The van der Waals surface area contributed by atoms with E-state index in [9.17, 15) is 8.42 Å². The number of halogens is 1. The minimum atomic E-state index is -3.57. The van der Waals surface area contributed by atoms with Gasteiger partial charge in [0.15, 0.2) is 0 Å². The second-order valence-electron chi connectivity index (χ2n) is 5.37. The minimum absolute atomic E-state index is 0.511. The summed E-state index contributed by atoms with van der Waals surface area (Å²) in [4.78, 5) is 0. The monoisotopic (exact) mass is 334 g/mol. The highest BCUT2D eigenvalue weighted by Crippen LogP contribution is 2.25. The summed E-state index contributed by atoms with van der Waals surface area (Å²) >= 11 is 3.38. The van der Waals surface area contributed by atoms with E-state index in [1.807, 2.05) is 26.0 Å². The van der Waals surface area contributed by atoms with Gasteiger partial charge in [-0.2, -0.15) is 13.1 Å². The molecule has 0 unspecified atom stereocenters. The Morgan fingerprint density at radius 2 is 1.56 bits per heavy atom. The second kappa shape index (κ2) is 5.19. The average Bonchev–Trinajstić information content (AvgIpc) is 2.07. The number of aryl methyl sites for hydroxylation is 2. The number of hydrogen-bond donors (Lipinski definition) is 2. The molecule has 1 rings (SSSR count). The van der Waals surface area contributed by atoms with Crippen LogP contribution in [0.15, 0.2) is 16.6 Å². The van der Waals surface area contributed by atoms with E-state index in [1.165, 1.54) is 0 Å². The fourth-order valence-electron chi connectivity index (χ4n) is 1.63. The minimum Gasteiger partial charge on any atom is -0.271 e. The van der Waals surface area contributed by atoms with Gasteiger partial charge in [0.25, 0.3) is 10.2 Å². The fourth-order valence-corrected chi connectivity index (χ4v) is 3.77. The highest BCUT2D eigenvalue weighted by atomic mass is 79.9. The molecule has 0 aliphatic rings. The lowest BCUT2D eigenvalue weighted by Gasteiger charge is -2.22. The van der Waals surface area contributed by atoms with Crippen molar-refractivity contribution in [2.45, 2.75) is 40.2 Å². The molecular formula is C12H19BrN2O2S. The number of benzene rings is 1. The van der Waals surface area contributed by atoms with Gasteiger partial charge in [-0.05, 0) is 57.9 Å². The first-order chi connectivity index (χ1) is 8.00. The average molecular weight is 335 g/mol. The zero-order chi connectivity index (χ0) is 14.1. The molecule has 0 aliphatic carbocycles. The van der Waals surface area contributed by atoms with Crippen molar-refractivity contribution in [2.75, 3.05) is 4.72 Å². The van der Waals surface area contributed by atoms with Crippen LogP contribution in [0.5, 0.6) is 0 Å². The van der Waals surface area contributed by atoms with Crippen LogP contribution in [-0.4, -0.2) is 14.0 Å². The van der Waals surface area contributed by atoms with Gasteiger partial charge in [0.05, 0.1) is 5.69 Å². The highest BCUT2D eigenvalue weighted by molar-refractivity contribution is 9.10. The summed E-state index contributed by atoms with van der Waals surface area (Å²) in [5.74, 6) is 0. The lowest BCUT2D eigenvalue weighted by Crippen LogP contribution is -2.43. The molecule has 0 aliphatic heterocycles. The zero-order valence-electron chi connectivity index (χ0n) is 11.3. The van der Waals surface area contributed by atoms with E-state index < -0.39 is 15.7 Å². The highest BCUT2D eigenvalue weighted by Gasteiger charge is 2.20. The van der Waals surface area contributed by atoms with E-state index in [-0.39, 0.29) is 0 Å². The molecule has 2 N–H and O–H groups in total. The van der Waals surface area contributed by atoms with E-state index in [0.717, 1.165) is 15.6 Å². The van der Waals surface area contributed by atoms with Crippen LogP contribution in [-0.2, 0) is 10.2 Å². The molecule has 0 spiro atoms. The Hall–Kier alpha value is -0.590. The molecule has 0 saturated carbocycles. The van der Waals surface area contributed by atoms with Crippen molar-refractivity contribution < 1.29 is 8.42 Å². The topological polar surface area (TPSA) is 58.2 Å². The van der Waals surface area contributed by atoms with E-state index in [2.05, 4.69) is 25.4 Å². The lowest BCUT2D eigenvalue weighted by molar-refractivity contribution is 0.494. The number of anilines is 1. The largest absolute Gasteiger partial charge is 0.299 e. The van der Waals surface area contributed by atoms with Crippen LogP contribution in [0.25, 0.3) is 0 Å². The van der Waals surface area contributed by atoms with Gasteiger partial charge in [-0.25, -0.2) is 0 Å². The molecule has 0 radical (unpaired) electrons. The molecule has 102 valence electrons. The van der Waals surface area contributed by atoms with Gasteiger partial charge in [0, 0.05) is 10.0 Å². The third-order valence-electron chi connectivity index (χ3n) is 2.17.